The third-order valence-corrected chi connectivity index (χ3v) is 4.11. The molecule has 1 N–H and O–H groups in total. The van der Waals surface area contributed by atoms with E-state index in [1.807, 2.05) is 44.2 Å². The van der Waals surface area contributed by atoms with Crippen LogP contribution in [-0.4, -0.2) is 34.3 Å². The predicted octanol–water partition coefficient (Wildman–Crippen LogP) is 3.87. The molecule has 6 nitrogen and oxygen atoms in total. The van der Waals surface area contributed by atoms with Crippen LogP contribution in [0, 0.1) is 0 Å². The number of ether oxygens (including phenoxy) is 1. The molecule has 0 spiro atoms. The summed E-state index contributed by atoms with van der Waals surface area (Å²) in [5.74, 6) is -0.974. The number of nitrogens with one attached hydrogen (secondary N) is 1. The molecule has 0 fully saturated rings. The van der Waals surface area contributed by atoms with Crippen molar-refractivity contribution in [3.05, 3.63) is 71.4 Å². The van der Waals surface area contributed by atoms with Crippen LogP contribution in [0.15, 0.2) is 60.8 Å². The largest absolute Gasteiger partial charge is 0.452 e. The standard InChI is InChI=1S/C21H20ClN3O3/c1-14(2)23-19(26)13-28-21(27)18-12-25(17-6-4-3-5-7-17)24-20(18)15-8-10-16(22)11-9-15/h3-12,14H,13H2,1-2H3,(H,23,26). The van der Waals surface area contributed by atoms with Crippen molar-refractivity contribution < 1.29 is 14.3 Å². The molecule has 3 aromatic rings. The number of esters is 1. The van der Waals surface area contributed by atoms with Crippen LogP contribution in [0.1, 0.15) is 24.2 Å². The number of halogens is 1. The van der Waals surface area contributed by atoms with E-state index in [1.54, 1.807) is 35.1 Å². The number of benzene rings is 2. The number of para-hydroxylation sites is 1. The van der Waals surface area contributed by atoms with Gasteiger partial charge in [-0.2, -0.15) is 5.10 Å². The van der Waals surface area contributed by atoms with Crippen LogP contribution >= 0.6 is 11.6 Å². The van der Waals surface area contributed by atoms with E-state index in [1.165, 1.54) is 0 Å². The van der Waals surface area contributed by atoms with Gasteiger partial charge in [0, 0.05) is 22.8 Å². The molecule has 0 radical (unpaired) electrons. The minimum Gasteiger partial charge on any atom is -0.452 e. The molecule has 7 heteroatoms. The Morgan fingerprint density at radius 1 is 1.11 bits per heavy atom. The van der Waals surface area contributed by atoms with Crippen molar-refractivity contribution in [3.8, 4) is 16.9 Å². The first kappa shape index (κ1) is 19.6. The molecular weight excluding hydrogens is 378 g/mol. The molecule has 1 heterocycles. The van der Waals surface area contributed by atoms with Gasteiger partial charge < -0.3 is 10.1 Å². The maximum Gasteiger partial charge on any atom is 0.342 e. The van der Waals surface area contributed by atoms with Crippen LogP contribution in [0.5, 0.6) is 0 Å². The average molecular weight is 398 g/mol. The summed E-state index contributed by atoms with van der Waals surface area (Å²) in [5.41, 5.74) is 2.24. The van der Waals surface area contributed by atoms with Gasteiger partial charge in [0.25, 0.3) is 5.91 Å². The molecule has 0 saturated heterocycles. The molecule has 28 heavy (non-hydrogen) atoms. The Bertz CT molecular complexity index is 966. The average Bonchev–Trinajstić information content (AvgIpc) is 3.12. The van der Waals surface area contributed by atoms with Crippen molar-refractivity contribution in [1.82, 2.24) is 15.1 Å². The fourth-order valence-corrected chi connectivity index (χ4v) is 2.76. The van der Waals surface area contributed by atoms with Crippen LogP contribution in [0.3, 0.4) is 0 Å². The van der Waals surface area contributed by atoms with Crippen molar-refractivity contribution in [2.45, 2.75) is 19.9 Å². The summed E-state index contributed by atoms with van der Waals surface area (Å²) in [4.78, 5) is 24.4. The zero-order valence-electron chi connectivity index (χ0n) is 15.6. The Balaban J connectivity index is 1.91. The second-order valence-electron chi connectivity index (χ2n) is 6.48. The van der Waals surface area contributed by atoms with Gasteiger partial charge in [0.05, 0.1) is 5.69 Å². The molecule has 0 atom stereocenters. The van der Waals surface area contributed by atoms with E-state index in [0.717, 1.165) is 11.3 Å². The first-order chi connectivity index (χ1) is 13.4. The van der Waals surface area contributed by atoms with Crippen LogP contribution in [-0.2, 0) is 9.53 Å². The molecule has 0 unspecified atom stereocenters. The van der Waals surface area contributed by atoms with Crippen LogP contribution in [0.2, 0.25) is 5.02 Å². The third-order valence-electron chi connectivity index (χ3n) is 3.86. The number of hydrogen-bond donors (Lipinski definition) is 1. The Labute approximate surface area is 168 Å². The normalized spacial score (nSPS) is 10.7. The second kappa shape index (κ2) is 8.71. The molecule has 0 bridgehead atoms. The number of hydrogen-bond acceptors (Lipinski definition) is 4. The number of rotatable bonds is 6. The predicted molar refractivity (Wildman–Crippen MR) is 108 cm³/mol. The Hall–Kier alpha value is -3.12. The Morgan fingerprint density at radius 3 is 2.43 bits per heavy atom. The molecule has 2 aromatic carbocycles. The summed E-state index contributed by atoms with van der Waals surface area (Å²) in [7, 11) is 0. The summed E-state index contributed by atoms with van der Waals surface area (Å²) >= 11 is 5.97. The highest BCUT2D eigenvalue weighted by Gasteiger charge is 2.21. The lowest BCUT2D eigenvalue weighted by Crippen LogP contribution is -2.34. The van der Waals surface area contributed by atoms with Gasteiger partial charge >= 0.3 is 5.97 Å². The zero-order chi connectivity index (χ0) is 20.1. The number of amides is 1. The lowest BCUT2D eigenvalue weighted by molar-refractivity contribution is -0.124. The van der Waals surface area contributed by atoms with E-state index < -0.39 is 5.97 Å². The van der Waals surface area contributed by atoms with E-state index in [9.17, 15) is 9.59 Å². The quantitative estimate of drug-likeness (QED) is 0.641. The zero-order valence-corrected chi connectivity index (χ0v) is 16.3. The van der Waals surface area contributed by atoms with E-state index >= 15 is 0 Å². The molecule has 3 rings (SSSR count). The molecule has 0 aliphatic rings. The number of aromatic nitrogens is 2. The van der Waals surface area contributed by atoms with Crippen molar-refractivity contribution in [2.24, 2.45) is 0 Å². The molecule has 0 saturated carbocycles. The molecule has 1 aromatic heterocycles. The first-order valence-corrected chi connectivity index (χ1v) is 9.19. The van der Waals surface area contributed by atoms with Gasteiger partial charge in [0.15, 0.2) is 6.61 Å². The van der Waals surface area contributed by atoms with E-state index in [4.69, 9.17) is 16.3 Å². The van der Waals surface area contributed by atoms with Crippen molar-refractivity contribution in [2.75, 3.05) is 6.61 Å². The SMILES string of the molecule is CC(C)NC(=O)COC(=O)c1cn(-c2ccccc2)nc1-c1ccc(Cl)cc1. The van der Waals surface area contributed by atoms with Crippen molar-refractivity contribution in [3.63, 3.8) is 0 Å². The molecule has 0 aliphatic heterocycles. The highest BCUT2D eigenvalue weighted by Crippen LogP contribution is 2.26. The van der Waals surface area contributed by atoms with Gasteiger partial charge in [-0.15, -0.1) is 0 Å². The first-order valence-electron chi connectivity index (χ1n) is 8.81. The topological polar surface area (TPSA) is 73.2 Å². The maximum atomic E-state index is 12.7. The van der Waals surface area contributed by atoms with Gasteiger partial charge in [-0.3, -0.25) is 4.79 Å². The fourth-order valence-electron chi connectivity index (χ4n) is 2.63. The van der Waals surface area contributed by atoms with Crippen LogP contribution in [0.4, 0.5) is 0 Å². The van der Waals surface area contributed by atoms with Crippen LogP contribution < -0.4 is 5.32 Å². The van der Waals surface area contributed by atoms with E-state index in [2.05, 4.69) is 10.4 Å². The Morgan fingerprint density at radius 2 is 1.79 bits per heavy atom. The summed E-state index contributed by atoms with van der Waals surface area (Å²) in [5, 5.41) is 7.81. The Kier molecular flexibility index (Phi) is 6.11. The molecule has 1 amide bonds. The van der Waals surface area contributed by atoms with Crippen molar-refractivity contribution in [1.29, 1.82) is 0 Å². The molecule has 0 aliphatic carbocycles. The van der Waals surface area contributed by atoms with Crippen LogP contribution in [0.25, 0.3) is 16.9 Å². The third kappa shape index (κ3) is 4.78. The van der Waals surface area contributed by atoms with Gasteiger partial charge in [0.2, 0.25) is 0 Å². The lowest BCUT2D eigenvalue weighted by atomic mass is 10.1. The monoisotopic (exact) mass is 397 g/mol. The smallest absolute Gasteiger partial charge is 0.342 e. The highest BCUT2D eigenvalue weighted by molar-refractivity contribution is 6.30. The number of carbonyl (C=O) groups is 2. The summed E-state index contributed by atoms with van der Waals surface area (Å²) < 4.78 is 6.80. The number of carbonyl (C=O) groups excluding carboxylic acids is 2. The lowest BCUT2D eigenvalue weighted by Gasteiger charge is -2.08. The van der Waals surface area contributed by atoms with Gasteiger partial charge in [0.1, 0.15) is 11.3 Å². The summed E-state index contributed by atoms with van der Waals surface area (Å²) in [6.07, 6.45) is 1.60. The fraction of sp³-hybridized carbons (Fsp3) is 0.190. The maximum absolute atomic E-state index is 12.7. The molecular formula is C21H20ClN3O3. The molecule has 144 valence electrons. The van der Waals surface area contributed by atoms with Gasteiger partial charge in [-0.1, -0.05) is 41.9 Å². The minimum atomic E-state index is -0.619. The number of nitrogens with zero attached hydrogens (tertiary/aromatic N) is 2. The van der Waals surface area contributed by atoms with Crippen molar-refractivity contribution >= 4 is 23.5 Å². The highest BCUT2D eigenvalue weighted by atomic mass is 35.5. The summed E-state index contributed by atoms with van der Waals surface area (Å²) in [6, 6.07) is 16.4. The van der Waals surface area contributed by atoms with E-state index in [-0.39, 0.29) is 24.1 Å². The minimum absolute atomic E-state index is 0.0309. The summed E-state index contributed by atoms with van der Waals surface area (Å²) in [6.45, 7) is 3.32. The van der Waals surface area contributed by atoms with E-state index in [0.29, 0.717) is 10.7 Å². The van der Waals surface area contributed by atoms with Gasteiger partial charge in [-0.25, -0.2) is 9.48 Å². The van der Waals surface area contributed by atoms with Gasteiger partial charge in [-0.05, 0) is 38.1 Å². The second-order valence-corrected chi connectivity index (χ2v) is 6.91.